The fraction of sp³-hybridized carbons (Fsp3) is 1.00. The van der Waals surface area contributed by atoms with Crippen molar-refractivity contribution in [3.63, 3.8) is 0 Å². The van der Waals surface area contributed by atoms with E-state index in [1.807, 2.05) is 0 Å². The number of nitrogens with zero attached hydrogens (tertiary/aromatic N) is 1. The molecular formula is C17H36N2. The smallest absolute Gasteiger partial charge is 0.0220 e. The minimum absolute atomic E-state index is 0.721. The predicted molar refractivity (Wildman–Crippen MR) is 85.6 cm³/mol. The molecule has 2 heteroatoms. The molecule has 1 fully saturated rings. The summed E-state index contributed by atoms with van der Waals surface area (Å²) in [6.45, 7) is 11.6. The number of likely N-dealkylation sites (N-methyl/N-ethyl adjacent to an activating group) is 1. The molecule has 0 bridgehead atoms. The maximum atomic E-state index is 3.66. The second-order valence-corrected chi connectivity index (χ2v) is 7.09. The van der Waals surface area contributed by atoms with Crippen molar-refractivity contribution in [2.75, 3.05) is 20.1 Å². The van der Waals surface area contributed by atoms with Gasteiger partial charge < -0.3 is 5.32 Å². The zero-order valence-corrected chi connectivity index (χ0v) is 13.9. The lowest BCUT2D eigenvalue weighted by atomic mass is 9.85. The molecule has 0 heterocycles. The van der Waals surface area contributed by atoms with Crippen LogP contribution in [0.4, 0.5) is 0 Å². The summed E-state index contributed by atoms with van der Waals surface area (Å²) in [7, 11) is 2.36. The van der Waals surface area contributed by atoms with Crippen LogP contribution in [0.25, 0.3) is 0 Å². The molecule has 0 amide bonds. The first kappa shape index (κ1) is 17.0. The minimum Gasteiger partial charge on any atom is -0.315 e. The average molecular weight is 268 g/mol. The Balaban J connectivity index is 2.43. The van der Waals surface area contributed by atoms with Crippen molar-refractivity contribution in [3.8, 4) is 0 Å². The summed E-state index contributed by atoms with van der Waals surface area (Å²) in [5, 5.41) is 3.66. The zero-order valence-electron chi connectivity index (χ0n) is 13.9. The van der Waals surface area contributed by atoms with E-state index < -0.39 is 0 Å². The monoisotopic (exact) mass is 268 g/mol. The molecule has 0 aromatic heterocycles. The first-order valence-electron chi connectivity index (χ1n) is 8.47. The van der Waals surface area contributed by atoms with Gasteiger partial charge in [0, 0.05) is 18.6 Å². The van der Waals surface area contributed by atoms with E-state index in [4.69, 9.17) is 0 Å². The zero-order chi connectivity index (χ0) is 14.3. The van der Waals surface area contributed by atoms with Gasteiger partial charge in [0.2, 0.25) is 0 Å². The third-order valence-electron chi connectivity index (χ3n) is 4.62. The molecule has 0 spiro atoms. The predicted octanol–water partition coefficient (Wildman–Crippen LogP) is 3.91. The molecule has 3 atom stereocenters. The van der Waals surface area contributed by atoms with Crippen LogP contribution in [0.5, 0.6) is 0 Å². The van der Waals surface area contributed by atoms with Crippen LogP contribution >= 0.6 is 0 Å². The van der Waals surface area contributed by atoms with Crippen LogP contribution in [0.15, 0.2) is 0 Å². The quantitative estimate of drug-likeness (QED) is 0.718. The third kappa shape index (κ3) is 6.27. The Kier molecular flexibility index (Phi) is 8.01. The number of nitrogens with one attached hydrogen (secondary N) is 1. The molecule has 1 rings (SSSR count). The molecule has 0 aromatic carbocycles. The van der Waals surface area contributed by atoms with Crippen LogP contribution in [-0.4, -0.2) is 37.1 Å². The lowest BCUT2D eigenvalue weighted by molar-refractivity contribution is 0.110. The van der Waals surface area contributed by atoms with E-state index in [1.54, 1.807) is 0 Å². The molecule has 3 unspecified atom stereocenters. The molecule has 0 aliphatic heterocycles. The second kappa shape index (κ2) is 8.97. The van der Waals surface area contributed by atoms with Crippen LogP contribution in [0.2, 0.25) is 0 Å². The van der Waals surface area contributed by atoms with Gasteiger partial charge in [-0.1, -0.05) is 47.0 Å². The first-order valence-corrected chi connectivity index (χ1v) is 8.47. The molecule has 1 N–H and O–H groups in total. The van der Waals surface area contributed by atoms with Crippen molar-refractivity contribution in [2.24, 2.45) is 11.8 Å². The van der Waals surface area contributed by atoms with E-state index in [1.165, 1.54) is 38.5 Å². The summed E-state index contributed by atoms with van der Waals surface area (Å²) in [6.07, 6.45) is 8.29. The van der Waals surface area contributed by atoms with Gasteiger partial charge in [0.05, 0.1) is 0 Å². The van der Waals surface area contributed by atoms with Gasteiger partial charge in [0.1, 0.15) is 0 Å². The largest absolute Gasteiger partial charge is 0.315 e. The molecule has 0 saturated heterocycles. The van der Waals surface area contributed by atoms with Crippen molar-refractivity contribution in [1.29, 1.82) is 0 Å². The van der Waals surface area contributed by atoms with Gasteiger partial charge in [-0.3, -0.25) is 4.90 Å². The van der Waals surface area contributed by atoms with Crippen LogP contribution < -0.4 is 5.32 Å². The molecule has 114 valence electrons. The normalized spacial score (nSPS) is 26.1. The average Bonchev–Trinajstić information content (AvgIpc) is 2.36. The molecule has 0 aromatic rings. The molecular weight excluding hydrogens is 232 g/mol. The molecule has 0 radical (unpaired) electrons. The molecule has 1 aliphatic carbocycles. The number of hydrogen-bond donors (Lipinski definition) is 1. The highest BCUT2D eigenvalue weighted by Crippen LogP contribution is 2.28. The topological polar surface area (TPSA) is 15.3 Å². The molecule has 2 nitrogen and oxygen atoms in total. The Morgan fingerprint density at radius 3 is 2.53 bits per heavy atom. The fourth-order valence-corrected chi connectivity index (χ4v) is 3.39. The van der Waals surface area contributed by atoms with Crippen molar-refractivity contribution in [3.05, 3.63) is 0 Å². The molecule has 19 heavy (non-hydrogen) atoms. The number of hydrogen-bond acceptors (Lipinski definition) is 2. The standard InChI is InChI=1S/C17H36N2/c1-6-8-17(13-18-12-14(2)3)19(5)16-10-7-9-15(4)11-16/h14-18H,6-13H2,1-5H3. The van der Waals surface area contributed by atoms with Gasteiger partial charge in [-0.05, 0) is 44.7 Å². The van der Waals surface area contributed by atoms with E-state index in [0.717, 1.165) is 37.0 Å². The van der Waals surface area contributed by atoms with Crippen LogP contribution in [0, 0.1) is 11.8 Å². The van der Waals surface area contributed by atoms with E-state index >= 15 is 0 Å². The van der Waals surface area contributed by atoms with Crippen molar-refractivity contribution in [2.45, 2.75) is 78.3 Å². The maximum Gasteiger partial charge on any atom is 0.0220 e. The highest BCUT2D eigenvalue weighted by Gasteiger charge is 2.26. The van der Waals surface area contributed by atoms with E-state index in [9.17, 15) is 0 Å². The summed E-state index contributed by atoms with van der Waals surface area (Å²) >= 11 is 0. The van der Waals surface area contributed by atoms with Gasteiger partial charge in [-0.15, -0.1) is 0 Å². The summed E-state index contributed by atoms with van der Waals surface area (Å²) in [4.78, 5) is 2.69. The van der Waals surface area contributed by atoms with E-state index in [0.29, 0.717) is 0 Å². The number of rotatable bonds is 8. The van der Waals surface area contributed by atoms with Gasteiger partial charge in [0.25, 0.3) is 0 Å². The van der Waals surface area contributed by atoms with Gasteiger partial charge in [-0.25, -0.2) is 0 Å². The summed E-state index contributed by atoms with van der Waals surface area (Å²) in [6, 6.07) is 1.54. The van der Waals surface area contributed by atoms with Gasteiger partial charge in [0.15, 0.2) is 0 Å². The summed E-state index contributed by atoms with van der Waals surface area (Å²) in [5.41, 5.74) is 0. The van der Waals surface area contributed by atoms with Gasteiger partial charge in [-0.2, -0.15) is 0 Å². The highest BCUT2D eigenvalue weighted by atomic mass is 15.2. The minimum atomic E-state index is 0.721. The lowest BCUT2D eigenvalue weighted by Gasteiger charge is -2.39. The SMILES string of the molecule is CCCC(CNCC(C)C)N(C)C1CCCC(C)C1. The van der Waals surface area contributed by atoms with Crippen LogP contribution in [-0.2, 0) is 0 Å². The molecule has 1 aliphatic rings. The van der Waals surface area contributed by atoms with Crippen molar-refractivity contribution < 1.29 is 0 Å². The fourth-order valence-electron chi connectivity index (χ4n) is 3.39. The van der Waals surface area contributed by atoms with Crippen LogP contribution in [0.3, 0.4) is 0 Å². The lowest BCUT2D eigenvalue weighted by Crippen LogP contribution is -2.47. The third-order valence-corrected chi connectivity index (χ3v) is 4.62. The van der Waals surface area contributed by atoms with Crippen LogP contribution in [0.1, 0.15) is 66.2 Å². The summed E-state index contributed by atoms with van der Waals surface area (Å²) in [5.74, 6) is 1.68. The van der Waals surface area contributed by atoms with Crippen molar-refractivity contribution >= 4 is 0 Å². The van der Waals surface area contributed by atoms with E-state index in [2.05, 4.69) is 45.0 Å². The van der Waals surface area contributed by atoms with E-state index in [-0.39, 0.29) is 0 Å². The Bertz CT molecular complexity index is 227. The maximum absolute atomic E-state index is 3.66. The Morgan fingerprint density at radius 1 is 1.21 bits per heavy atom. The highest BCUT2D eigenvalue weighted by molar-refractivity contribution is 4.82. The molecule has 1 saturated carbocycles. The Labute approximate surface area is 121 Å². The second-order valence-electron chi connectivity index (χ2n) is 7.09. The first-order chi connectivity index (χ1) is 9.04. The Hall–Kier alpha value is -0.0800. The van der Waals surface area contributed by atoms with Gasteiger partial charge >= 0.3 is 0 Å². The van der Waals surface area contributed by atoms with Crippen molar-refractivity contribution in [1.82, 2.24) is 10.2 Å². The summed E-state index contributed by atoms with van der Waals surface area (Å²) < 4.78 is 0. The Morgan fingerprint density at radius 2 is 1.95 bits per heavy atom.